The summed E-state index contributed by atoms with van der Waals surface area (Å²) in [5.74, 6) is 0.841. The number of rotatable bonds is 4. The number of halogens is 1. The summed E-state index contributed by atoms with van der Waals surface area (Å²) in [4.78, 5) is 16.1. The van der Waals surface area contributed by atoms with Crippen molar-refractivity contribution in [3.8, 4) is 0 Å². The first-order valence-electron chi connectivity index (χ1n) is 9.85. The number of hydrogen-bond donors (Lipinski definition) is 1. The largest absolute Gasteiger partial charge is 0.371 e. The van der Waals surface area contributed by atoms with Crippen molar-refractivity contribution in [2.75, 3.05) is 45.2 Å². The van der Waals surface area contributed by atoms with Crippen molar-refractivity contribution in [3.05, 3.63) is 28.8 Å². The zero-order valence-corrected chi connectivity index (χ0v) is 17.1. The second-order valence-corrected chi connectivity index (χ2v) is 8.97. The van der Waals surface area contributed by atoms with E-state index in [-0.39, 0.29) is 5.91 Å². The smallest absolute Gasteiger partial charge is 0.254 e. The summed E-state index contributed by atoms with van der Waals surface area (Å²) >= 11 is 6.39. The van der Waals surface area contributed by atoms with Gasteiger partial charge in [0.05, 0.1) is 10.6 Å². The highest BCUT2D eigenvalue weighted by molar-refractivity contribution is 6.34. The van der Waals surface area contributed by atoms with Gasteiger partial charge in [0.25, 0.3) is 5.91 Å². The summed E-state index contributed by atoms with van der Waals surface area (Å²) in [5.41, 5.74) is 2.17. The molecular weight excluding hydrogens is 346 g/mol. The van der Waals surface area contributed by atoms with Gasteiger partial charge in [0.2, 0.25) is 0 Å². The summed E-state index contributed by atoms with van der Waals surface area (Å²) in [5, 5.41) is 4.02. The summed E-state index contributed by atoms with van der Waals surface area (Å²) in [6.07, 6.45) is 6.48. The molecule has 26 heavy (non-hydrogen) atoms. The highest BCUT2D eigenvalue weighted by Gasteiger charge is 2.33. The molecule has 0 bridgehead atoms. The number of nitrogens with one attached hydrogen (secondary N) is 1. The van der Waals surface area contributed by atoms with Gasteiger partial charge in [-0.05, 0) is 74.7 Å². The first kappa shape index (κ1) is 19.5. The van der Waals surface area contributed by atoms with E-state index >= 15 is 0 Å². The van der Waals surface area contributed by atoms with Crippen molar-refractivity contribution in [2.45, 2.75) is 39.0 Å². The van der Waals surface area contributed by atoms with E-state index in [1.54, 1.807) is 19.0 Å². The number of benzene rings is 1. The molecule has 0 atom stereocenters. The van der Waals surface area contributed by atoms with Gasteiger partial charge in [-0.25, -0.2) is 0 Å². The molecule has 2 fully saturated rings. The number of anilines is 1. The lowest BCUT2D eigenvalue weighted by atomic mass is 9.72. The first-order valence-corrected chi connectivity index (χ1v) is 10.2. The molecule has 0 unspecified atom stereocenters. The van der Waals surface area contributed by atoms with Gasteiger partial charge in [-0.2, -0.15) is 0 Å². The van der Waals surface area contributed by atoms with Crippen LogP contribution in [0.3, 0.4) is 0 Å². The Morgan fingerprint density at radius 3 is 2.50 bits per heavy atom. The minimum atomic E-state index is -0.0465. The van der Waals surface area contributed by atoms with Gasteiger partial charge in [0.15, 0.2) is 0 Å². The highest BCUT2D eigenvalue weighted by Crippen LogP contribution is 2.40. The lowest BCUT2D eigenvalue weighted by Crippen LogP contribution is -2.40. The number of carbonyl (C=O) groups excluding carboxylic acids is 1. The Bertz CT molecular complexity index is 632. The standard InChI is InChI=1S/C21H32ClN3O/c1-21(15-16-6-10-23-11-7-16)8-12-25(13-9-21)17-4-5-18(19(22)14-17)20(26)24(2)3/h4-5,14,16,23H,6-13,15H2,1-3H3. The van der Waals surface area contributed by atoms with Crippen LogP contribution in [0.2, 0.25) is 5.02 Å². The Kier molecular flexibility index (Phi) is 6.13. The van der Waals surface area contributed by atoms with E-state index in [9.17, 15) is 4.79 Å². The average Bonchev–Trinajstić information content (AvgIpc) is 2.62. The van der Waals surface area contributed by atoms with Crippen LogP contribution >= 0.6 is 11.6 Å². The Balaban J connectivity index is 1.60. The first-order chi connectivity index (χ1) is 12.4. The molecule has 2 heterocycles. The third-order valence-electron chi connectivity index (χ3n) is 6.17. The second-order valence-electron chi connectivity index (χ2n) is 8.56. The molecule has 0 saturated carbocycles. The SMILES string of the molecule is CN(C)C(=O)c1ccc(N2CCC(C)(CC3CCNCC3)CC2)cc1Cl. The van der Waals surface area contributed by atoms with Crippen molar-refractivity contribution in [1.29, 1.82) is 0 Å². The van der Waals surface area contributed by atoms with Crippen LogP contribution in [-0.2, 0) is 0 Å². The van der Waals surface area contributed by atoms with E-state index < -0.39 is 0 Å². The highest BCUT2D eigenvalue weighted by atomic mass is 35.5. The third kappa shape index (κ3) is 4.52. The molecule has 3 rings (SSSR count). The molecule has 144 valence electrons. The second kappa shape index (κ2) is 8.18. The van der Waals surface area contributed by atoms with Crippen LogP contribution in [0.15, 0.2) is 18.2 Å². The number of carbonyl (C=O) groups is 1. The van der Waals surface area contributed by atoms with Crippen LogP contribution in [0, 0.1) is 11.3 Å². The molecule has 0 aliphatic carbocycles. The van der Waals surface area contributed by atoms with Crippen LogP contribution in [0.4, 0.5) is 5.69 Å². The van der Waals surface area contributed by atoms with Crippen molar-refractivity contribution in [1.82, 2.24) is 10.2 Å². The van der Waals surface area contributed by atoms with E-state index in [1.807, 2.05) is 18.2 Å². The monoisotopic (exact) mass is 377 g/mol. The normalized spacial score (nSPS) is 20.8. The summed E-state index contributed by atoms with van der Waals surface area (Å²) in [6.45, 7) is 6.97. The summed E-state index contributed by atoms with van der Waals surface area (Å²) in [6, 6.07) is 5.86. The average molecular weight is 378 g/mol. The van der Waals surface area contributed by atoms with Crippen molar-refractivity contribution < 1.29 is 4.79 Å². The molecule has 2 aliphatic heterocycles. The maximum Gasteiger partial charge on any atom is 0.254 e. The molecule has 1 N–H and O–H groups in total. The van der Waals surface area contributed by atoms with E-state index in [2.05, 4.69) is 17.1 Å². The van der Waals surface area contributed by atoms with Gasteiger partial charge in [-0.1, -0.05) is 18.5 Å². The molecule has 0 spiro atoms. The van der Waals surface area contributed by atoms with Crippen LogP contribution in [0.5, 0.6) is 0 Å². The van der Waals surface area contributed by atoms with Gasteiger partial charge in [0.1, 0.15) is 0 Å². The zero-order chi connectivity index (χ0) is 18.7. The molecule has 1 aromatic carbocycles. The minimum absolute atomic E-state index is 0.0465. The van der Waals surface area contributed by atoms with Crippen LogP contribution < -0.4 is 10.2 Å². The number of nitrogens with zero attached hydrogens (tertiary/aromatic N) is 2. The predicted octanol–water partition coefficient (Wildman–Crippen LogP) is 4.04. The van der Waals surface area contributed by atoms with Crippen LogP contribution in [0.1, 0.15) is 49.4 Å². The Morgan fingerprint density at radius 2 is 1.92 bits per heavy atom. The molecule has 0 radical (unpaired) electrons. The fraction of sp³-hybridized carbons (Fsp3) is 0.667. The Morgan fingerprint density at radius 1 is 1.27 bits per heavy atom. The molecule has 4 nitrogen and oxygen atoms in total. The van der Waals surface area contributed by atoms with Crippen molar-refractivity contribution in [3.63, 3.8) is 0 Å². The van der Waals surface area contributed by atoms with E-state index in [1.165, 1.54) is 45.2 Å². The van der Waals surface area contributed by atoms with E-state index in [0.29, 0.717) is 16.0 Å². The maximum absolute atomic E-state index is 12.2. The van der Waals surface area contributed by atoms with Crippen molar-refractivity contribution >= 4 is 23.2 Å². The molecule has 1 aromatic rings. The van der Waals surface area contributed by atoms with E-state index in [4.69, 9.17) is 11.6 Å². The predicted molar refractivity (Wildman–Crippen MR) is 109 cm³/mol. The fourth-order valence-corrected chi connectivity index (χ4v) is 4.66. The van der Waals surface area contributed by atoms with Gasteiger partial charge < -0.3 is 15.1 Å². The van der Waals surface area contributed by atoms with Gasteiger partial charge in [0, 0.05) is 32.9 Å². The third-order valence-corrected chi connectivity index (χ3v) is 6.48. The molecule has 1 amide bonds. The van der Waals surface area contributed by atoms with Crippen LogP contribution in [0.25, 0.3) is 0 Å². The number of amides is 1. The lowest BCUT2D eigenvalue weighted by molar-refractivity contribution is 0.0828. The minimum Gasteiger partial charge on any atom is -0.371 e. The molecule has 5 heteroatoms. The molecule has 0 aromatic heterocycles. The van der Waals surface area contributed by atoms with Gasteiger partial charge >= 0.3 is 0 Å². The molecule has 2 saturated heterocycles. The van der Waals surface area contributed by atoms with Crippen LogP contribution in [-0.4, -0.2) is 51.1 Å². The number of piperidine rings is 2. The summed E-state index contributed by atoms with van der Waals surface area (Å²) in [7, 11) is 3.50. The van der Waals surface area contributed by atoms with Gasteiger partial charge in [-0.3, -0.25) is 4.79 Å². The maximum atomic E-state index is 12.2. The lowest BCUT2D eigenvalue weighted by Gasteiger charge is -2.43. The summed E-state index contributed by atoms with van der Waals surface area (Å²) < 4.78 is 0. The molecule has 2 aliphatic rings. The number of hydrogen-bond acceptors (Lipinski definition) is 3. The quantitative estimate of drug-likeness (QED) is 0.860. The Hall–Kier alpha value is -1.26. The van der Waals surface area contributed by atoms with Gasteiger partial charge in [-0.15, -0.1) is 0 Å². The van der Waals surface area contributed by atoms with Crippen molar-refractivity contribution in [2.24, 2.45) is 11.3 Å². The topological polar surface area (TPSA) is 35.6 Å². The Labute approximate surface area is 162 Å². The fourth-order valence-electron chi connectivity index (χ4n) is 4.41. The zero-order valence-electron chi connectivity index (χ0n) is 16.4. The molecular formula is C21H32ClN3O. The van der Waals surface area contributed by atoms with E-state index in [0.717, 1.165) is 24.7 Å².